The van der Waals surface area contributed by atoms with Crippen LogP contribution in [-0.4, -0.2) is 23.9 Å². The van der Waals surface area contributed by atoms with Gasteiger partial charge in [0.15, 0.2) is 17.5 Å². The molecule has 0 aliphatic rings. The second-order valence-corrected chi connectivity index (χ2v) is 14.8. The standard InChI is InChI=1S/C53H33N5/c1-3-14-35(15-4-1)51-54-52(36-16-5-2-6-17-36)56-53(55-51)37-28-26-34(27-29-37)38-18-13-19-39(32-38)57-46-24-11-10-23-43(46)44-30-31-48-45(50(44)57)33-49-42-22-8-7-20-40(42)41-21-9-12-25-47(41)58(48)49/h1-33H. The van der Waals surface area contributed by atoms with Crippen molar-refractivity contribution in [2.75, 3.05) is 0 Å². The molecular weight excluding hydrogens is 707 g/mol. The summed E-state index contributed by atoms with van der Waals surface area (Å²) in [7, 11) is 0. The Morgan fingerprint density at radius 1 is 0.276 bits per heavy atom. The van der Waals surface area contributed by atoms with Gasteiger partial charge in [-0.25, -0.2) is 15.0 Å². The lowest BCUT2D eigenvalue weighted by Gasteiger charge is -2.12. The van der Waals surface area contributed by atoms with Crippen LogP contribution in [0.3, 0.4) is 0 Å². The van der Waals surface area contributed by atoms with Crippen LogP contribution in [0.15, 0.2) is 200 Å². The highest BCUT2D eigenvalue weighted by Gasteiger charge is 2.20. The molecule has 270 valence electrons. The van der Waals surface area contributed by atoms with E-state index in [2.05, 4.69) is 148 Å². The number of fused-ring (bicyclic) bond motifs is 12. The molecule has 12 aromatic rings. The fourth-order valence-electron chi connectivity index (χ4n) is 8.88. The average molecular weight is 740 g/mol. The van der Waals surface area contributed by atoms with Crippen molar-refractivity contribution in [3.05, 3.63) is 200 Å². The van der Waals surface area contributed by atoms with Crippen LogP contribution in [-0.2, 0) is 0 Å². The average Bonchev–Trinajstić information content (AvgIpc) is 3.87. The van der Waals surface area contributed by atoms with Gasteiger partial charge in [-0.05, 0) is 52.9 Å². The summed E-state index contributed by atoms with van der Waals surface area (Å²) in [6.45, 7) is 0. The number of rotatable bonds is 5. The van der Waals surface area contributed by atoms with E-state index in [4.69, 9.17) is 15.0 Å². The van der Waals surface area contributed by atoms with Gasteiger partial charge < -0.3 is 8.97 Å². The number of nitrogens with zero attached hydrogens (tertiary/aromatic N) is 5. The van der Waals surface area contributed by atoms with E-state index in [-0.39, 0.29) is 0 Å². The lowest BCUT2D eigenvalue weighted by Crippen LogP contribution is -2.00. The maximum absolute atomic E-state index is 4.95. The number of pyridine rings is 1. The molecule has 0 atom stereocenters. The van der Waals surface area contributed by atoms with E-state index in [1.54, 1.807) is 0 Å². The van der Waals surface area contributed by atoms with Crippen LogP contribution >= 0.6 is 0 Å². The molecule has 0 saturated heterocycles. The molecule has 0 fully saturated rings. The molecule has 0 aliphatic heterocycles. The highest BCUT2D eigenvalue weighted by atomic mass is 15.0. The zero-order valence-electron chi connectivity index (χ0n) is 31.3. The van der Waals surface area contributed by atoms with Crippen molar-refractivity contribution >= 4 is 59.9 Å². The number of hydrogen-bond acceptors (Lipinski definition) is 3. The number of benzene rings is 8. The molecule has 0 bridgehead atoms. The van der Waals surface area contributed by atoms with Crippen molar-refractivity contribution < 1.29 is 0 Å². The van der Waals surface area contributed by atoms with Crippen LogP contribution in [0.4, 0.5) is 0 Å². The molecule has 4 heterocycles. The first kappa shape index (κ1) is 32.4. The van der Waals surface area contributed by atoms with Gasteiger partial charge in [-0.2, -0.15) is 0 Å². The molecule has 5 heteroatoms. The van der Waals surface area contributed by atoms with E-state index in [1.807, 2.05) is 60.7 Å². The maximum Gasteiger partial charge on any atom is 0.164 e. The van der Waals surface area contributed by atoms with Crippen LogP contribution in [0, 0.1) is 0 Å². The first-order chi connectivity index (χ1) is 28.8. The molecule has 4 aromatic heterocycles. The van der Waals surface area contributed by atoms with Crippen molar-refractivity contribution in [1.29, 1.82) is 0 Å². The smallest absolute Gasteiger partial charge is 0.164 e. The Kier molecular flexibility index (Phi) is 7.16. The highest BCUT2D eigenvalue weighted by molar-refractivity contribution is 6.22. The highest BCUT2D eigenvalue weighted by Crippen LogP contribution is 2.41. The minimum Gasteiger partial charge on any atom is -0.309 e. The van der Waals surface area contributed by atoms with Gasteiger partial charge in [-0.1, -0.05) is 164 Å². The van der Waals surface area contributed by atoms with E-state index < -0.39 is 0 Å². The monoisotopic (exact) mass is 739 g/mol. The van der Waals surface area contributed by atoms with Crippen molar-refractivity contribution in [3.8, 4) is 51.0 Å². The third kappa shape index (κ3) is 5.00. The quantitative estimate of drug-likeness (QED) is 0.165. The second kappa shape index (κ2) is 12.8. The van der Waals surface area contributed by atoms with Crippen LogP contribution in [0.1, 0.15) is 0 Å². The van der Waals surface area contributed by atoms with Gasteiger partial charge in [0.1, 0.15) is 0 Å². The van der Waals surface area contributed by atoms with Crippen molar-refractivity contribution in [1.82, 2.24) is 23.9 Å². The zero-order valence-corrected chi connectivity index (χ0v) is 31.3. The summed E-state index contributed by atoms with van der Waals surface area (Å²) in [6, 6.07) is 71.0. The molecule has 12 rings (SSSR count). The molecule has 5 nitrogen and oxygen atoms in total. The summed E-state index contributed by atoms with van der Waals surface area (Å²) in [5, 5.41) is 7.49. The Hall–Kier alpha value is -7.89. The lowest BCUT2D eigenvalue weighted by molar-refractivity contribution is 1.07. The van der Waals surface area contributed by atoms with Gasteiger partial charge in [0, 0.05) is 49.3 Å². The molecule has 0 saturated carbocycles. The van der Waals surface area contributed by atoms with Gasteiger partial charge in [0.2, 0.25) is 0 Å². The normalized spacial score (nSPS) is 11.8. The van der Waals surface area contributed by atoms with Gasteiger partial charge in [-0.3, -0.25) is 0 Å². The van der Waals surface area contributed by atoms with Crippen molar-refractivity contribution in [2.24, 2.45) is 0 Å². The Balaban J connectivity index is 1.01. The summed E-state index contributed by atoms with van der Waals surface area (Å²) in [6.07, 6.45) is 0. The summed E-state index contributed by atoms with van der Waals surface area (Å²) in [5.74, 6) is 1.95. The molecule has 0 aliphatic carbocycles. The van der Waals surface area contributed by atoms with Gasteiger partial charge in [0.05, 0.1) is 27.6 Å². The van der Waals surface area contributed by atoms with Gasteiger partial charge in [-0.15, -0.1) is 0 Å². The van der Waals surface area contributed by atoms with Crippen LogP contribution in [0.25, 0.3) is 111 Å². The van der Waals surface area contributed by atoms with E-state index >= 15 is 0 Å². The van der Waals surface area contributed by atoms with Crippen molar-refractivity contribution in [2.45, 2.75) is 0 Å². The molecule has 0 unspecified atom stereocenters. The summed E-state index contributed by atoms with van der Waals surface area (Å²) in [5.41, 5.74) is 12.2. The third-order valence-corrected chi connectivity index (χ3v) is 11.5. The first-order valence-electron chi connectivity index (χ1n) is 19.6. The Morgan fingerprint density at radius 3 is 1.41 bits per heavy atom. The molecular formula is C53H33N5. The van der Waals surface area contributed by atoms with Gasteiger partial charge >= 0.3 is 0 Å². The lowest BCUT2D eigenvalue weighted by atomic mass is 10.0. The number of aromatic nitrogens is 5. The predicted molar refractivity (Wildman–Crippen MR) is 239 cm³/mol. The Morgan fingerprint density at radius 2 is 0.759 bits per heavy atom. The minimum atomic E-state index is 0.641. The Labute approximate surface area is 333 Å². The topological polar surface area (TPSA) is 48.0 Å². The fourth-order valence-corrected chi connectivity index (χ4v) is 8.88. The molecule has 8 aromatic carbocycles. The van der Waals surface area contributed by atoms with E-state index in [0.717, 1.165) is 33.5 Å². The Bertz CT molecular complexity index is 3490. The predicted octanol–water partition coefficient (Wildman–Crippen LogP) is 13.3. The van der Waals surface area contributed by atoms with Crippen molar-refractivity contribution in [3.63, 3.8) is 0 Å². The summed E-state index contributed by atoms with van der Waals surface area (Å²) < 4.78 is 4.90. The largest absolute Gasteiger partial charge is 0.309 e. The summed E-state index contributed by atoms with van der Waals surface area (Å²) >= 11 is 0. The van der Waals surface area contributed by atoms with Crippen LogP contribution in [0.2, 0.25) is 0 Å². The molecule has 0 amide bonds. The zero-order chi connectivity index (χ0) is 38.2. The first-order valence-corrected chi connectivity index (χ1v) is 19.6. The van der Waals surface area contributed by atoms with E-state index in [1.165, 1.54) is 59.9 Å². The maximum atomic E-state index is 4.95. The number of hydrogen-bond donors (Lipinski definition) is 0. The van der Waals surface area contributed by atoms with Crippen LogP contribution < -0.4 is 0 Å². The minimum absolute atomic E-state index is 0.641. The third-order valence-electron chi connectivity index (χ3n) is 11.5. The SMILES string of the molecule is c1ccc(-c2nc(-c3ccccc3)nc(-c3ccc(-c4cccc(-n5c6ccccc6c6ccc7c(cc8c9ccccc9c9ccccc9n87)c65)c4)cc3)n2)cc1. The molecule has 0 spiro atoms. The molecule has 58 heavy (non-hydrogen) atoms. The molecule has 0 radical (unpaired) electrons. The van der Waals surface area contributed by atoms with E-state index in [0.29, 0.717) is 17.5 Å². The number of para-hydroxylation sites is 2. The summed E-state index contributed by atoms with van der Waals surface area (Å²) in [4.78, 5) is 14.8. The fraction of sp³-hybridized carbons (Fsp3) is 0. The second-order valence-electron chi connectivity index (χ2n) is 14.8. The van der Waals surface area contributed by atoms with E-state index in [9.17, 15) is 0 Å². The molecule has 0 N–H and O–H groups in total. The van der Waals surface area contributed by atoms with Crippen LogP contribution in [0.5, 0.6) is 0 Å². The van der Waals surface area contributed by atoms with Gasteiger partial charge in [0.25, 0.3) is 0 Å².